The molecule has 1 atom stereocenters. The summed E-state index contributed by atoms with van der Waals surface area (Å²) in [6, 6.07) is 27.5. The molecule has 1 aliphatic rings. The Labute approximate surface area is 218 Å². The standard InChI is InChI=1S/C29H25N3O4S/c33-26-19-37-29(32(26)18-20-7-2-1-3-8-20)22-14-12-21(13-15-22)27(34)31-25-11-5-4-10-24(25)28(35)30-17-23-9-6-16-36-23/h1-16,29H,17-19H2,(H,30,35)(H,31,34)/t29-/m1/s1. The summed E-state index contributed by atoms with van der Waals surface area (Å²) in [6.07, 6.45) is 1.55. The lowest BCUT2D eigenvalue weighted by atomic mass is 10.1. The number of para-hydroxylation sites is 1. The van der Waals surface area contributed by atoms with Crippen LogP contribution in [0.5, 0.6) is 0 Å². The van der Waals surface area contributed by atoms with Crippen molar-refractivity contribution in [1.29, 1.82) is 0 Å². The minimum Gasteiger partial charge on any atom is -0.467 e. The second kappa shape index (κ2) is 11.2. The Balaban J connectivity index is 1.26. The highest BCUT2D eigenvalue weighted by Crippen LogP contribution is 2.39. The van der Waals surface area contributed by atoms with E-state index in [-0.39, 0.29) is 29.6 Å². The number of amides is 3. The zero-order valence-electron chi connectivity index (χ0n) is 19.9. The lowest BCUT2D eigenvalue weighted by Gasteiger charge is -2.24. The van der Waals surface area contributed by atoms with Gasteiger partial charge in [-0.3, -0.25) is 14.4 Å². The lowest BCUT2D eigenvalue weighted by Crippen LogP contribution is -2.27. The fraction of sp³-hybridized carbons (Fsp3) is 0.138. The summed E-state index contributed by atoms with van der Waals surface area (Å²) < 4.78 is 5.25. The predicted octanol–water partition coefficient (Wildman–Crippen LogP) is 5.24. The van der Waals surface area contributed by atoms with E-state index in [9.17, 15) is 14.4 Å². The van der Waals surface area contributed by atoms with E-state index in [4.69, 9.17) is 4.42 Å². The van der Waals surface area contributed by atoms with Gasteiger partial charge in [-0.15, -0.1) is 11.8 Å². The lowest BCUT2D eigenvalue weighted by molar-refractivity contribution is -0.128. The molecular weight excluding hydrogens is 486 g/mol. The van der Waals surface area contributed by atoms with E-state index in [2.05, 4.69) is 10.6 Å². The molecule has 1 saturated heterocycles. The molecule has 3 aromatic carbocycles. The Morgan fingerprint density at radius 2 is 1.65 bits per heavy atom. The van der Waals surface area contributed by atoms with Crippen LogP contribution in [0.25, 0.3) is 0 Å². The Bertz CT molecular complexity index is 1390. The van der Waals surface area contributed by atoms with E-state index in [1.54, 1.807) is 66.6 Å². The van der Waals surface area contributed by atoms with Crippen molar-refractivity contribution in [3.8, 4) is 0 Å². The Morgan fingerprint density at radius 3 is 2.41 bits per heavy atom. The van der Waals surface area contributed by atoms with Crippen LogP contribution in [0.15, 0.2) is 102 Å². The summed E-state index contributed by atoms with van der Waals surface area (Å²) in [4.78, 5) is 40.1. The summed E-state index contributed by atoms with van der Waals surface area (Å²) in [5, 5.41) is 5.54. The Morgan fingerprint density at radius 1 is 0.892 bits per heavy atom. The highest BCUT2D eigenvalue weighted by atomic mass is 32.2. The molecule has 1 aromatic heterocycles. The van der Waals surface area contributed by atoms with Crippen molar-refractivity contribution in [2.45, 2.75) is 18.5 Å². The van der Waals surface area contributed by atoms with E-state index in [0.29, 0.717) is 34.9 Å². The number of carbonyl (C=O) groups excluding carboxylic acids is 3. The monoisotopic (exact) mass is 511 g/mol. The molecule has 0 unspecified atom stereocenters. The molecule has 4 aromatic rings. The first-order chi connectivity index (χ1) is 18.1. The van der Waals surface area contributed by atoms with Crippen molar-refractivity contribution in [3.05, 3.63) is 125 Å². The molecule has 3 amide bonds. The molecule has 0 aliphatic carbocycles. The first kappa shape index (κ1) is 24.4. The van der Waals surface area contributed by atoms with Crippen LogP contribution in [-0.2, 0) is 17.9 Å². The molecule has 186 valence electrons. The third-order valence-electron chi connectivity index (χ3n) is 6.05. The van der Waals surface area contributed by atoms with Crippen LogP contribution in [0.2, 0.25) is 0 Å². The van der Waals surface area contributed by atoms with Gasteiger partial charge < -0.3 is 20.0 Å². The van der Waals surface area contributed by atoms with Gasteiger partial charge in [-0.25, -0.2) is 0 Å². The number of hydrogen-bond donors (Lipinski definition) is 2. The van der Waals surface area contributed by atoms with E-state index in [1.165, 1.54) is 0 Å². The fourth-order valence-corrected chi connectivity index (χ4v) is 5.33. The van der Waals surface area contributed by atoms with Gasteiger partial charge in [0.1, 0.15) is 11.1 Å². The highest BCUT2D eigenvalue weighted by molar-refractivity contribution is 8.00. The van der Waals surface area contributed by atoms with E-state index >= 15 is 0 Å². The van der Waals surface area contributed by atoms with Crippen LogP contribution in [0.1, 0.15) is 43.0 Å². The largest absolute Gasteiger partial charge is 0.467 e. The number of nitrogens with zero attached hydrogens (tertiary/aromatic N) is 1. The molecule has 1 aliphatic heterocycles. The quantitative estimate of drug-likeness (QED) is 0.338. The number of rotatable bonds is 8. The Kier molecular flexibility index (Phi) is 7.37. The maximum atomic E-state index is 13.0. The van der Waals surface area contributed by atoms with Gasteiger partial charge >= 0.3 is 0 Å². The molecule has 0 radical (unpaired) electrons. The molecule has 2 N–H and O–H groups in total. The van der Waals surface area contributed by atoms with Gasteiger partial charge in [-0.1, -0.05) is 54.6 Å². The number of carbonyl (C=O) groups is 3. The predicted molar refractivity (Wildman–Crippen MR) is 143 cm³/mol. The fourth-order valence-electron chi connectivity index (χ4n) is 4.14. The van der Waals surface area contributed by atoms with Gasteiger partial charge in [0, 0.05) is 12.1 Å². The van der Waals surface area contributed by atoms with Crippen molar-refractivity contribution in [1.82, 2.24) is 10.2 Å². The molecule has 7 nitrogen and oxygen atoms in total. The number of nitrogens with one attached hydrogen (secondary N) is 2. The van der Waals surface area contributed by atoms with Gasteiger partial charge in [0.05, 0.1) is 29.8 Å². The van der Waals surface area contributed by atoms with Crippen LogP contribution < -0.4 is 10.6 Å². The summed E-state index contributed by atoms with van der Waals surface area (Å²) in [7, 11) is 0. The first-order valence-electron chi connectivity index (χ1n) is 11.8. The molecule has 5 rings (SSSR count). The van der Waals surface area contributed by atoms with Gasteiger partial charge in [0.15, 0.2) is 0 Å². The van der Waals surface area contributed by atoms with Crippen molar-refractivity contribution >= 4 is 35.2 Å². The molecule has 2 heterocycles. The summed E-state index contributed by atoms with van der Waals surface area (Å²) >= 11 is 1.58. The second-order valence-electron chi connectivity index (χ2n) is 8.55. The third-order valence-corrected chi connectivity index (χ3v) is 7.30. The smallest absolute Gasteiger partial charge is 0.255 e. The number of thioether (sulfide) groups is 1. The SMILES string of the molecule is O=C(Nc1ccccc1C(=O)NCc1ccco1)c1ccc([C@H]2SCC(=O)N2Cc2ccccc2)cc1. The third kappa shape index (κ3) is 5.76. The number of hydrogen-bond acceptors (Lipinski definition) is 5. The van der Waals surface area contributed by atoms with E-state index in [0.717, 1.165) is 11.1 Å². The number of anilines is 1. The van der Waals surface area contributed by atoms with Crippen LogP contribution in [0, 0.1) is 0 Å². The molecule has 8 heteroatoms. The van der Waals surface area contributed by atoms with Crippen LogP contribution in [0.4, 0.5) is 5.69 Å². The first-order valence-corrected chi connectivity index (χ1v) is 12.9. The van der Waals surface area contributed by atoms with E-state index in [1.807, 2.05) is 47.4 Å². The average molecular weight is 512 g/mol. The van der Waals surface area contributed by atoms with Crippen molar-refractivity contribution in [3.63, 3.8) is 0 Å². The van der Waals surface area contributed by atoms with Crippen LogP contribution >= 0.6 is 11.8 Å². The van der Waals surface area contributed by atoms with Crippen LogP contribution in [0.3, 0.4) is 0 Å². The highest BCUT2D eigenvalue weighted by Gasteiger charge is 2.32. The minimum absolute atomic E-state index is 0.0996. The maximum absolute atomic E-state index is 13.0. The molecule has 1 fully saturated rings. The summed E-state index contributed by atoms with van der Waals surface area (Å²) in [6.45, 7) is 0.789. The number of benzene rings is 3. The van der Waals surface area contributed by atoms with Gasteiger partial charge in [0.25, 0.3) is 11.8 Å². The molecule has 0 spiro atoms. The number of furan rings is 1. The summed E-state index contributed by atoms with van der Waals surface area (Å²) in [5.74, 6) is 0.527. The molecular formula is C29H25N3O4S. The zero-order valence-corrected chi connectivity index (χ0v) is 20.7. The maximum Gasteiger partial charge on any atom is 0.255 e. The van der Waals surface area contributed by atoms with Crippen molar-refractivity contribution in [2.24, 2.45) is 0 Å². The topological polar surface area (TPSA) is 91.6 Å². The van der Waals surface area contributed by atoms with Gasteiger partial charge in [-0.05, 0) is 47.5 Å². The van der Waals surface area contributed by atoms with Gasteiger partial charge in [-0.2, -0.15) is 0 Å². The zero-order chi connectivity index (χ0) is 25.6. The Hall–Kier alpha value is -4.30. The normalized spacial score (nSPS) is 15.0. The second-order valence-corrected chi connectivity index (χ2v) is 9.62. The molecule has 0 bridgehead atoms. The molecule has 37 heavy (non-hydrogen) atoms. The van der Waals surface area contributed by atoms with E-state index < -0.39 is 0 Å². The van der Waals surface area contributed by atoms with Crippen molar-refractivity contribution in [2.75, 3.05) is 11.1 Å². The van der Waals surface area contributed by atoms with Gasteiger partial charge in [0.2, 0.25) is 5.91 Å². The summed E-state index contributed by atoms with van der Waals surface area (Å²) in [5.41, 5.74) is 3.27. The molecule has 0 saturated carbocycles. The average Bonchev–Trinajstić information content (AvgIpc) is 3.58. The minimum atomic E-state index is -0.325. The van der Waals surface area contributed by atoms with Crippen molar-refractivity contribution < 1.29 is 18.8 Å². The van der Waals surface area contributed by atoms with Crippen LogP contribution in [-0.4, -0.2) is 28.4 Å².